The summed E-state index contributed by atoms with van der Waals surface area (Å²) < 4.78 is 33.0. The first-order valence-electron chi connectivity index (χ1n) is 16.5. The number of nitrogens with zero attached hydrogens (tertiary/aromatic N) is 6. The Kier molecular flexibility index (Phi) is 10.6. The van der Waals surface area contributed by atoms with Crippen molar-refractivity contribution in [2.45, 2.75) is 51.1 Å². The van der Waals surface area contributed by atoms with Crippen LogP contribution in [0.2, 0.25) is 0 Å². The fraction of sp³-hybridized carbons (Fsp3) is 0.543. The van der Waals surface area contributed by atoms with Gasteiger partial charge in [0.05, 0.1) is 53.7 Å². The molecule has 2 atom stereocenters. The van der Waals surface area contributed by atoms with Crippen LogP contribution in [0.5, 0.6) is 23.0 Å². The lowest BCUT2D eigenvalue weighted by molar-refractivity contribution is 0.193. The molecule has 4 aromatic rings. The van der Waals surface area contributed by atoms with Gasteiger partial charge in [-0.2, -0.15) is 0 Å². The molecule has 1 saturated carbocycles. The second kappa shape index (κ2) is 15.2. The number of methoxy groups -OCH3 is 4. The SMILES string of the molecule is CCCN(c1ncnc2c(OC)c(OC)ccc12)[C@@H]1CCOC1.COc1ccc2c(N(CC3CC3)[C@@H]3CCOC3)ncnc2c1OC. The first kappa shape index (κ1) is 32.8. The average Bonchev–Trinajstić information content (AvgIpc) is 3.50. The summed E-state index contributed by atoms with van der Waals surface area (Å²) in [6.07, 6.45) is 8.96. The molecule has 7 rings (SSSR count). The lowest BCUT2D eigenvalue weighted by Gasteiger charge is -2.30. The maximum Gasteiger partial charge on any atom is 0.187 e. The predicted molar refractivity (Wildman–Crippen MR) is 181 cm³/mol. The Morgan fingerprint density at radius 2 is 1.17 bits per heavy atom. The largest absolute Gasteiger partial charge is 0.493 e. The smallest absolute Gasteiger partial charge is 0.187 e. The summed E-state index contributed by atoms with van der Waals surface area (Å²) >= 11 is 0. The Hall–Kier alpha value is -4.16. The number of hydrogen-bond donors (Lipinski definition) is 0. The Labute approximate surface area is 276 Å². The maximum absolute atomic E-state index is 5.63. The van der Waals surface area contributed by atoms with Crippen LogP contribution in [-0.4, -0.2) is 100.0 Å². The first-order valence-corrected chi connectivity index (χ1v) is 16.5. The third kappa shape index (κ3) is 6.94. The van der Waals surface area contributed by atoms with Crippen molar-refractivity contribution in [1.82, 2.24) is 19.9 Å². The summed E-state index contributed by atoms with van der Waals surface area (Å²) in [5.41, 5.74) is 1.57. The molecule has 0 bridgehead atoms. The number of benzene rings is 2. The zero-order valence-electron chi connectivity index (χ0n) is 28.1. The zero-order chi connectivity index (χ0) is 32.8. The van der Waals surface area contributed by atoms with E-state index in [1.165, 1.54) is 12.8 Å². The van der Waals surface area contributed by atoms with Gasteiger partial charge in [-0.1, -0.05) is 6.92 Å². The van der Waals surface area contributed by atoms with Crippen molar-refractivity contribution in [3.63, 3.8) is 0 Å². The number of aromatic nitrogens is 4. The van der Waals surface area contributed by atoms with Crippen LogP contribution in [0.3, 0.4) is 0 Å². The fourth-order valence-electron chi connectivity index (χ4n) is 6.54. The monoisotopic (exact) mass is 646 g/mol. The second-order valence-corrected chi connectivity index (χ2v) is 12.1. The molecule has 0 amide bonds. The van der Waals surface area contributed by atoms with E-state index in [0.717, 1.165) is 98.1 Å². The number of hydrogen-bond acceptors (Lipinski definition) is 12. The van der Waals surface area contributed by atoms with Crippen molar-refractivity contribution in [1.29, 1.82) is 0 Å². The van der Waals surface area contributed by atoms with E-state index in [9.17, 15) is 0 Å². The lowest BCUT2D eigenvalue weighted by Crippen LogP contribution is -2.38. The van der Waals surface area contributed by atoms with E-state index in [1.807, 2.05) is 24.3 Å². The van der Waals surface area contributed by atoms with E-state index in [1.54, 1.807) is 41.1 Å². The zero-order valence-corrected chi connectivity index (χ0v) is 28.1. The highest BCUT2D eigenvalue weighted by Gasteiger charge is 2.32. The van der Waals surface area contributed by atoms with Crippen molar-refractivity contribution in [3.05, 3.63) is 36.9 Å². The molecule has 2 aromatic heterocycles. The highest BCUT2D eigenvalue weighted by atomic mass is 16.5. The number of fused-ring (bicyclic) bond motifs is 2. The number of anilines is 2. The van der Waals surface area contributed by atoms with Gasteiger partial charge >= 0.3 is 0 Å². The summed E-state index contributed by atoms with van der Waals surface area (Å²) in [4.78, 5) is 22.8. The van der Waals surface area contributed by atoms with Crippen molar-refractivity contribution in [3.8, 4) is 23.0 Å². The molecule has 47 heavy (non-hydrogen) atoms. The highest BCUT2D eigenvalue weighted by molar-refractivity contribution is 5.96. The van der Waals surface area contributed by atoms with E-state index in [4.69, 9.17) is 28.4 Å². The van der Waals surface area contributed by atoms with Gasteiger partial charge in [-0.15, -0.1) is 0 Å². The molecule has 2 aliphatic heterocycles. The molecule has 12 nitrogen and oxygen atoms in total. The van der Waals surface area contributed by atoms with Crippen LogP contribution in [0.15, 0.2) is 36.9 Å². The molecule has 0 N–H and O–H groups in total. The van der Waals surface area contributed by atoms with Gasteiger partial charge in [0.15, 0.2) is 23.0 Å². The molecule has 1 aliphatic carbocycles. The molecule has 0 unspecified atom stereocenters. The first-order chi connectivity index (χ1) is 23.1. The summed E-state index contributed by atoms with van der Waals surface area (Å²) in [5.74, 6) is 5.36. The normalized spacial score (nSPS) is 18.9. The molecule has 0 radical (unpaired) electrons. The fourth-order valence-corrected chi connectivity index (χ4v) is 6.54. The molecule has 3 aliphatic rings. The van der Waals surface area contributed by atoms with Crippen molar-refractivity contribution in [2.75, 3.05) is 77.8 Å². The topological polar surface area (TPSA) is 113 Å². The average molecular weight is 647 g/mol. The molecule has 12 heteroatoms. The minimum Gasteiger partial charge on any atom is -0.493 e. The summed E-state index contributed by atoms with van der Waals surface area (Å²) in [5, 5.41) is 1.98. The molecule has 2 aromatic carbocycles. The lowest BCUT2D eigenvalue weighted by atomic mass is 10.1. The van der Waals surface area contributed by atoms with Crippen LogP contribution in [-0.2, 0) is 9.47 Å². The van der Waals surface area contributed by atoms with Crippen LogP contribution in [0.25, 0.3) is 21.8 Å². The summed E-state index contributed by atoms with van der Waals surface area (Å²) in [6, 6.07) is 8.61. The quantitative estimate of drug-likeness (QED) is 0.199. The molecule has 4 heterocycles. The Balaban J connectivity index is 0.000000165. The van der Waals surface area contributed by atoms with E-state index >= 15 is 0 Å². The van der Waals surface area contributed by atoms with Gasteiger partial charge in [0.2, 0.25) is 0 Å². The molecular weight excluding hydrogens is 600 g/mol. The minimum absolute atomic E-state index is 0.362. The Bertz CT molecular complexity index is 1640. The number of rotatable bonds is 12. The molecular formula is C35H46N6O6. The van der Waals surface area contributed by atoms with Gasteiger partial charge in [-0.25, -0.2) is 19.9 Å². The Morgan fingerprint density at radius 1 is 0.660 bits per heavy atom. The molecule has 252 valence electrons. The van der Waals surface area contributed by atoms with Crippen LogP contribution in [0, 0.1) is 5.92 Å². The molecule has 3 fully saturated rings. The van der Waals surface area contributed by atoms with Crippen molar-refractivity contribution in [2.24, 2.45) is 5.92 Å². The Morgan fingerprint density at radius 3 is 1.60 bits per heavy atom. The van der Waals surface area contributed by atoms with E-state index in [2.05, 4.69) is 36.7 Å². The van der Waals surface area contributed by atoms with E-state index in [-0.39, 0.29) is 0 Å². The predicted octanol–water partition coefficient (Wildman–Crippen LogP) is 5.30. The van der Waals surface area contributed by atoms with Gasteiger partial charge < -0.3 is 38.2 Å². The molecule has 0 spiro atoms. The van der Waals surface area contributed by atoms with E-state index < -0.39 is 0 Å². The van der Waals surface area contributed by atoms with Gasteiger partial charge in [-0.05, 0) is 62.3 Å². The van der Waals surface area contributed by atoms with Gasteiger partial charge in [0.1, 0.15) is 35.3 Å². The second-order valence-electron chi connectivity index (χ2n) is 12.1. The van der Waals surface area contributed by atoms with Gasteiger partial charge in [0.25, 0.3) is 0 Å². The number of ether oxygens (including phenoxy) is 6. The van der Waals surface area contributed by atoms with E-state index in [0.29, 0.717) is 35.1 Å². The standard InChI is InChI=1S/C18H23N3O3.C17H23N3O3/c1-22-15-6-5-14-16(17(15)23-2)19-11-20-18(14)21(9-12-3-4-12)13-7-8-24-10-13;1-4-8-20(12-7-9-23-10-12)17-13-5-6-14(21-2)16(22-3)15(13)18-11-19-17/h5-6,11-13H,3-4,7-10H2,1-2H3;5-6,11-12H,4,7-10H2,1-3H3/t13-;12-/m11/s1. The third-order valence-corrected chi connectivity index (χ3v) is 9.11. The summed E-state index contributed by atoms with van der Waals surface area (Å²) in [6.45, 7) is 7.31. The summed E-state index contributed by atoms with van der Waals surface area (Å²) in [7, 11) is 6.55. The third-order valence-electron chi connectivity index (χ3n) is 9.11. The van der Waals surface area contributed by atoms with Gasteiger partial charge in [0, 0.05) is 37.1 Å². The van der Waals surface area contributed by atoms with Crippen LogP contribution < -0.4 is 28.7 Å². The minimum atomic E-state index is 0.362. The maximum atomic E-state index is 5.63. The van der Waals surface area contributed by atoms with Gasteiger partial charge in [-0.3, -0.25) is 0 Å². The van der Waals surface area contributed by atoms with Crippen LogP contribution in [0.4, 0.5) is 11.6 Å². The van der Waals surface area contributed by atoms with Crippen LogP contribution >= 0.6 is 0 Å². The molecule has 2 saturated heterocycles. The van der Waals surface area contributed by atoms with Crippen molar-refractivity contribution < 1.29 is 28.4 Å². The highest BCUT2D eigenvalue weighted by Crippen LogP contribution is 2.40. The van der Waals surface area contributed by atoms with Crippen LogP contribution in [0.1, 0.15) is 39.0 Å². The van der Waals surface area contributed by atoms with Crippen molar-refractivity contribution >= 4 is 33.4 Å².